The van der Waals surface area contributed by atoms with Gasteiger partial charge in [-0.1, -0.05) is 19.8 Å². The zero-order valence-electron chi connectivity index (χ0n) is 9.51. The minimum atomic E-state index is -3.75. The number of carbonyl (C=O) groups is 1. The highest BCUT2D eigenvalue weighted by Crippen LogP contribution is 2.09. The number of carboxylic acids is 1. The first kappa shape index (κ1) is 13.7. The van der Waals surface area contributed by atoms with Gasteiger partial charge < -0.3 is 10.1 Å². The maximum absolute atomic E-state index is 11.8. The van der Waals surface area contributed by atoms with Crippen LogP contribution in [0.5, 0.6) is 0 Å². The van der Waals surface area contributed by atoms with E-state index in [1.165, 1.54) is 18.5 Å². The van der Waals surface area contributed by atoms with Gasteiger partial charge in [0.25, 0.3) is 0 Å². The summed E-state index contributed by atoms with van der Waals surface area (Å²) in [5.41, 5.74) is 0. The Kier molecular flexibility index (Phi) is 4.71. The van der Waals surface area contributed by atoms with E-state index in [0.29, 0.717) is 6.42 Å². The Morgan fingerprint density at radius 2 is 2.29 bits per heavy atom. The molecule has 1 atom stereocenters. The van der Waals surface area contributed by atoms with E-state index in [1.807, 2.05) is 6.92 Å². The summed E-state index contributed by atoms with van der Waals surface area (Å²) < 4.78 is 25.7. The van der Waals surface area contributed by atoms with Crippen molar-refractivity contribution < 1.29 is 18.3 Å². The van der Waals surface area contributed by atoms with Crippen LogP contribution in [0.2, 0.25) is 0 Å². The van der Waals surface area contributed by atoms with Crippen molar-refractivity contribution in [1.82, 2.24) is 9.71 Å². The zero-order valence-corrected chi connectivity index (χ0v) is 10.3. The molecule has 3 N–H and O–H groups in total. The van der Waals surface area contributed by atoms with Crippen LogP contribution in [0.4, 0.5) is 0 Å². The molecule has 1 unspecified atom stereocenters. The number of aromatic amines is 1. The molecule has 96 valence electrons. The predicted octanol–water partition coefficient (Wildman–Crippen LogP) is 0.936. The van der Waals surface area contributed by atoms with Gasteiger partial charge in [-0.2, -0.15) is 4.72 Å². The molecule has 1 rings (SSSR count). The van der Waals surface area contributed by atoms with E-state index in [1.54, 1.807) is 0 Å². The Balaban J connectivity index is 2.76. The number of carboxylic acid groups (broad SMARTS) is 1. The summed E-state index contributed by atoms with van der Waals surface area (Å²) in [6, 6.07) is 0.302. The van der Waals surface area contributed by atoms with E-state index in [2.05, 4.69) is 9.71 Å². The van der Waals surface area contributed by atoms with Crippen molar-refractivity contribution in [2.75, 3.05) is 0 Å². The maximum atomic E-state index is 11.8. The fourth-order valence-corrected chi connectivity index (χ4v) is 2.57. The van der Waals surface area contributed by atoms with Crippen LogP contribution < -0.4 is 4.72 Å². The Bertz CT molecular complexity index is 453. The van der Waals surface area contributed by atoms with Crippen LogP contribution in [0.15, 0.2) is 23.4 Å². The summed E-state index contributed by atoms with van der Waals surface area (Å²) in [5.74, 6) is -1.16. The van der Waals surface area contributed by atoms with Crippen LogP contribution in [0.25, 0.3) is 0 Å². The van der Waals surface area contributed by atoms with Crippen molar-refractivity contribution in [3.05, 3.63) is 18.5 Å². The Morgan fingerprint density at radius 1 is 1.59 bits per heavy atom. The van der Waals surface area contributed by atoms with Gasteiger partial charge in [0.15, 0.2) is 0 Å². The summed E-state index contributed by atoms with van der Waals surface area (Å²) in [5, 5.41) is 8.93. The second kappa shape index (κ2) is 5.83. The average Bonchev–Trinajstić information content (AvgIpc) is 2.77. The molecule has 1 aromatic heterocycles. The van der Waals surface area contributed by atoms with Crippen LogP contribution in [0.3, 0.4) is 0 Å². The van der Waals surface area contributed by atoms with E-state index < -0.39 is 22.0 Å². The molecule has 17 heavy (non-hydrogen) atoms. The molecule has 0 bridgehead atoms. The van der Waals surface area contributed by atoms with Gasteiger partial charge in [0.1, 0.15) is 6.04 Å². The molecular formula is C10H16N2O4S. The third kappa shape index (κ3) is 3.86. The summed E-state index contributed by atoms with van der Waals surface area (Å²) >= 11 is 0. The third-order valence-corrected chi connectivity index (χ3v) is 3.79. The topological polar surface area (TPSA) is 99.3 Å². The lowest BCUT2D eigenvalue weighted by Crippen LogP contribution is -2.40. The molecule has 0 fully saturated rings. The second-order valence-electron chi connectivity index (χ2n) is 3.70. The highest BCUT2D eigenvalue weighted by Gasteiger charge is 2.24. The number of unbranched alkanes of at least 4 members (excludes halogenated alkanes) is 1. The SMILES string of the molecule is CCCCC(NS(=O)(=O)c1cc[nH]c1)C(=O)O. The monoisotopic (exact) mass is 260 g/mol. The van der Waals surface area contributed by atoms with E-state index in [-0.39, 0.29) is 11.3 Å². The fraction of sp³-hybridized carbons (Fsp3) is 0.500. The van der Waals surface area contributed by atoms with Crippen molar-refractivity contribution in [3.8, 4) is 0 Å². The average molecular weight is 260 g/mol. The van der Waals surface area contributed by atoms with Gasteiger partial charge in [-0.25, -0.2) is 8.42 Å². The summed E-state index contributed by atoms with van der Waals surface area (Å²) in [7, 11) is -3.75. The minimum Gasteiger partial charge on any atom is -0.480 e. The standard InChI is InChI=1S/C10H16N2O4S/c1-2-3-4-9(10(13)14)12-17(15,16)8-5-6-11-7-8/h5-7,9,11-12H,2-4H2,1H3,(H,13,14). The molecule has 0 aliphatic carbocycles. The summed E-state index contributed by atoms with van der Waals surface area (Å²) in [6.07, 6.45) is 4.54. The molecule has 0 aromatic carbocycles. The van der Waals surface area contributed by atoms with E-state index in [9.17, 15) is 13.2 Å². The van der Waals surface area contributed by atoms with Gasteiger partial charge >= 0.3 is 5.97 Å². The molecule has 0 aliphatic rings. The molecule has 1 aromatic rings. The van der Waals surface area contributed by atoms with E-state index >= 15 is 0 Å². The van der Waals surface area contributed by atoms with Crippen LogP contribution in [0.1, 0.15) is 26.2 Å². The van der Waals surface area contributed by atoms with Gasteiger partial charge in [0.05, 0.1) is 4.90 Å². The molecule has 0 radical (unpaired) electrons. The second-order valence-corrected chi connectivity index (χ2v) is 5.42. The zero-order chi connectivity index (χ0) is 12.9. The van der Waals surface area contributed by atoms with Crippen molar-refractivity contribution in [2.45, 2.75) is 37.1 Å². The first-order valence-corrected chi connectivity index (χ1v) is 6.83. The van der Waals surface area contributed by atoms with Crippen LogP contribution in [-0.2, 0) is 14.8 Å². The molecule has 0 aliphatic heterocycles. The smallest absolute Gasteiger partial charge is 0.321 e. The van der Waals surface area contributed by atoms with Crippen molar-refractivity contribution >= 4 is 16.0 Å². The minimum absolute atomic E-state index is 0.0419. The molecule has 0 saturated heterocycles. The maximum Gasteiger partial charge on any atom is 0.321 e. The fourth-order valence-electron chi connectivity index (χ4n) is 1.37. The number of rotatable bonds is 7. The predicted molar refractivity (Wildman–Crippen MR) is 62.1 cm³/mol. The Morgan fingerprint density at radius 3 is 2.76 bits per heavy atom. The third-order valence-electron chi connectivity index (χ3n) is 2.32. The lowest BCUT2D eigenvalue weighted by molar-refractivity contribution is -0.139. The molecule has 0 saturated carbocycles. The number of hydrogen-bond acceptors (Lipinski definition) is 3. The molecule has 0 spiro atoms. The van der Waals surface area contributed by atoms with E-state index in [4.69, 9.17) is 5.11 Å². The van der Waals surface area contributed by atoms with Crippen LogP contribution >= 0.6 is 0 Å². The molecule has 0 amide bonds. The van der Waals surface area contributed by atoms with Crippen LogP contribution in [-0.4, -0.2) is 30.5 Å². The quantitative estimate of drug-likeness (QED) is 0.679. The van der Waals surface area contributed by atoms with Gasteiger partial charge in [0.2, 0.25) is 10.0 Å². The number of aromatic nitrogens is 1. The normalized spacial score (nSPS) is 13.5. The van der Waals surface area contributed by atoms with E-state index in [0.717, 1.165) is 6.42 Å². The lowest BCUT2D eigenvalue weighted by Gasteiger charge is -2.13. The first-order valence-electron chi connectivity index (χ1n) is 5.35. The number of H-pyrrole nitrogens is 1. The number of aliphatic carboxylic acids is 1. The number of hydrogen-bond donors (Lipinski definition) is 3. The van der Waals surface area contributed by atoms with Gasteiger partial charge in [-0.05, 0) is 12.5 Å². The highest BCUT2D eigenvalue weighted by atomic mass is 32.2. The molecule has 7 heteroatoms. The molecular weight excluding hydrogens is 244 g/mol. The van der Waals surface area contributed by atoms with Crippen molar-refractivity contribution in [3.63, 3.8) is 0 Å². The van der Waals surface area contributed by atoms with Gasteiger partial charge in [-0.3, -0.25) is 4.79 Å². The number of nitrogens with one attached hydrogen (secondary N) is 2. The number of sulfonamides is 1. The van der Waals surface area contributed by atoms with Crippen molar-refractivity contribution in [2.24, 2.45) is 0 Å². The first-order chi connectivity index (χ1) is 7.97. The van der Waals surface area contributed by atoms with Crippen LogP contribution in [0, 0.1) is 0 Å². The van der Waals surface area contributed by atoms with Gasteiger partial charge in [0, 0.05) is 12.4 Å². The lowest BCUT2D eigenvalue weighted by atomic mass is 10.1. The van der Waals surface area contributed by atoms with Gasteiger partial charge in [-0.15, -0.1) is 0 Å². The van der Waals surface area contributed by atoms with Crippen molar-refractivity contribution in [1.29, 1.82) is 0 Å². The summed E-state index contributed by atoms with van der Waals surface area (Å²) in [6.45, 7) is 1.92. The molecule has 6 nitrogen and oxygen atoms in total. The Labute approximate surface area is 100 Å². The summed E-state index contributed by atoms with van der Waals surface area (Å²) in [4.78, 5) is 13.6. The highest BCUT2D eigenvalue weighted by molar-refractivity contribution is 7.89. The largest absolute Gasteiger partial charge is 0.480 e. The molecule has 1 heterocycles. The Hall–Kier alpha value is -1.34.